The summed E-state index contributed by atoms with van der Waals surface area (Å²) in [7, 11) is 0. The summed E-state index contributed by atoms with van der Waals surface area (Å²) in [5, 5.41) is 1.41. The van der Waals surface area contributed by atoms with Crippen LogP contribution in [0.5, 0.6) is 0 Å². The van der Waals surface area contributed by atoms with Gasteiger partial charge >= 0.3 is 5.97 Å². The fraction of sp³-hybridized carbons (Fsp3) is 0.190. The number of benzene rings is 2. The predicted octanol–water partition coefficient (Wildman–Crippen LogP) is 3.73. The van der Waals surface area contributed by atoms with E-state index in [9.17, 15) is 9.59 Å². The second-order valence-electron chi connectivity index (χ2n) is 6.27. The van der Waals surface area contributed by atoms with Gasteiger partial charge in [-0.15, -0.1) is 0 Å². The number of nitrogens with one attached hydrogen (secondary N) is 1. The summed E-state index contributed by atoms with van der Waals surface area (Å²) in [6.45, 7) is 2.59. The van der Waals surface area contributed by atoms with Crippen LogP contribution in [0, 0.1) is 0 Å². The predicted molar refractivity (Wildman–Crippen MR) is 110 cm³/mol. The number of thioether (sulfide) groups is 1. The maximum Gasteiger partial charge on any atom is 0.316 e. The second-order valence-corrected chi connectivity index (χ2v) is 7.22. The van der Waals surface area contributed by atoms with E-state index < -0.39 is 0 Å². The van der Waals surface area contributed by atoms with Gasteiger partial charge in [0.05, 0.1) is 5.75 Å². The van der Waals surface area contributed by atoms with Crippen LogP contribution in [0.3, 0.4) is 0 Å². The summed E-state index contributed by atoms with van der Waals surface area (Å²) in [5.41, 5.74) is 2.78. The first-order valence-electron chi connectivity index (χ1n) is 9.01. The molecule has 6 nitrogen and oxygen atoms in total. The first-order chi connectivity index (χ1) is 13.7. The number of ether oxygens (including phenoxy) is 1. The average Bonchev–Trinajstić information content (AvgIpc) is 3.10. The standard InChI is InChI=1S/C21H19N3O3S/c1-2-24-20(26)19-18(15-10-6-7-11-16(15)22-19)23-21(24)28-13-17(25)27-12-14-8-4-3-5-9-14/h3-11,22H,2,12-13H2,1H3. The summed E-state index contributed by atoms with van der Waals surface area (Å²) >= 11 is 1.22. The normalized spacial score (nSPS) is 11.2. The highest BCUT2D eigenvalue weighted by Crippen LogP contribution is 2.24. The summed E-state index contributed by atoms with van der Waals surface area (Å²) in [6, 6.07) is 17.2. The van der Waals surface area contributed by atoms with Gasteiger partial charge in [-0.25, -0.2) is 4.98 Å². The molecule has 4 aromatic rings. The molecule has 142 valence electrons. The molecule has 7 heteroatoms. The number of hydrogen-bond acceptors (Lipinski definition) is 5. The van der Waals surface area contributed by atoms with E-state index in [0.29, 0.717) is 22.7 Å². The lowest BCUT2D eigenvalue weighted by molar-refractivity contribution is -0.141. The van der Waals surface area contributed by atoms with E-state index in [1.165, 1.54) is 11.8 Å². The number of aromatic amines is 1. The van der Waals surface area contributed by atoms with Crippen LogP contribution in [0.1, 0.15) is 12.5 Å². The van der Waals surface area contributed by atoms with Crippen LogP contribution in [-0.2, 0) is 22.7 Å². The van der Waals surface area contributed by atoms with Gasteiger partial charge in [0, 0.05) is 17.4 Å². The Kier molecular flexibility index (Phi) is 5.16. The van der Waals surface area contributed by atoms with E-state index in [0.717, 1.165) is 16.5 Å². The second kappa shape index (κ2) is 7.90. The zero-order valence-corrected chi connectivity index (χ0v) is 16.2. The Morgan fingerprint density at radius 3 is 2.68 bits per heavy atom. The fourth-order valence-corrected chi connectivity index (χ4v) is 3.92. The van der Waals surface area contributed by atoms with Gasteiger partial charge in [-0.3, -0.25) is 14.2 Å². The Balaban J connectivity index is 1.56. The average molecular weight is 393 g/mol. The van der Waals surface area contributed by atoms with Crippen LogP contribution >= 0.6 is 11.8 Å². The zero-order valence-electron chi connectivity index (χ0n) is 15.3. The lowest BCUT2D eigenvalue weighted by Crippen LogP contribution is -2.23. The number of rotatable bonds is 6. The first-order valence-corrected chi connectivity index (χ1v) is 9.99. The molecule has 0 radical (unpaired) electrons. The number of para-hydroxylation sites is 1. The molecule has 0 aliphatic rings. The van der Waals surface area contributed by atoms with E-state index >= 15 is 0 Å². The Morgan fingerprint density at radius 2 is 1.89 bits per heavy atom. The smallest absolute Gasteiger partial charge is 0.316 e. The molecule has 2 aromatic carbocycles. The van der Waals surface area contributed by atoms with Crippen LogP contribution in [0.15, 0.2) is 64.5 Å². The van der Waals surface area contributed by atoms with Crippen molar-refractivity contribution in [3.05, 3.63) is 70.5 Å². The van der Waals surface area contributed by atoms with Crippen LogP contribution in [0.4, 0.5) is 0 Å². The molecule has 1 N–H and O–H groups in total. The van der Waals surface area contributed by atoms with Crippen molar-refractivity contribution in [2.24, 2.45) is 0 Å². The molecular formula is C21H19N3O3S. The highest BCUT2D eigenvalue weighted by Gasteiger charge is 2.16. The van der Waals surface area contributed by atoms with Crippen molar-refractivity contribution in [2.45, 2.75) is 25.2 Å². The third-order valence-electron chi connectivity index (χ3n) is 4.45. The Labute approximate surface area is 165 Å². The molecule has 4 rings (SSSR count). The zero-order chi connectivity index (χ0) is 19.5. The number of carbonyl (C=O) groups is 1. The molecular weight excluding hydrogens is 374 g/mol. The molecule has 0 saturated heterocycles. The van der Waals surface area contributed by atoms with E-state index in [4.69, 9.17) is 4.74 Å². The largest absolute Gasteiger partial charge is 0.460 e. The number of esters is 1. The minimum Gasteiger partial charge on any atom is -0.460 e. The fourth-order valence-electron chi connectivity index (χ4n) is 3.07. The third kappa shape index (κ3) is 3.53. The van der Waals surface area contributed by atoms with Gasteiger partial charge in [0.1, 0.15) is 17.6 Å². The molecule has 0 atom stereocenters. The van der Waals surface area contributed by atoms with E-state index in [-0.39, 0.29) is 23.9 Å². The van der Waals surface area contributed by atoms with Crippen LogP contribution in [0.2, 0.25) is 0 Å². The lowest BCUT2D eigenvalue weighted by atomic mass is 10.2. The van der Waals surface area contributed by atoms with Crippen molar-refractivity contribution >= 4 is 39.7 Å². The molecule has 0 spiro atoms. The number of carbonyl (C=O) groups excluding carboxylic acids is 1. The van der Waals surface area contributed by atoms with Crippen molar-refractivity contribution in [1.29, 1.82) is 0 Å². The molecule has 0 amide bonds. The van der Waals surface area contributed by atoms with Gasteiger partial charge in [-0.05, 0) is 18.6 Å². The molecule has 0 saturated carbocycles. The molecule has 2 heterocycles. The van der Waals surface area contributed by atoms with Crippen LogP contribution in [0.25, 0.3) is 21.9 Å². The van der Waals surface area contributed by atoms with Crippen molar-refractivity contribution < 1.29 is 9.53 Å². The van der Waals surface area contributed by atoms with Crippen molar-refractivity contribution in [1.82, 2.24) is 14.5 Å². The minimum absolute atomic E-state index is 0.0904. The quantitative estimate of drug-likeness (QED) is 0.307. The Hall–Kier alpha value is -3.06. The highest BCUT2D eigenvalue weighted by atomic mass is 32.2. The van der Waals surface area contributed by atoms with Gasteiger partial charge in [-0.2, -0.15) is 0 Å². The topological polar surface area (TPSA) is 77.0 Å². The monoisotopic (exact) mass is 393 g/mol. The highest BCUT2D eigenvalue weighted by molar-refractivity contribution is 7.99. The molecule has 2 aromatic heterocycles. The van der Waals surface area contributed by atoms with Crippen LogP contribution < -0.4 is 5.56 Å². The molecule has 0 unspecified atom stereocenters. The maximum absolute atomic E-state index is 12.9. The van der Waals surface area contributed by atoms with Crippen molar-refractivity contribution in [3.8, 4) is 0 Å². The molecule has 0 fully saturated rings. The van der Waals surface area contributed by atoms with Gasteiger partial charge in [0.2, 0.25) is 0 Å². The number of hydrogen-bond donors (Lipinski definition) is 1. The van der Waals surface area contributed by atoms with E-state index in [1.54, 1.807) is 4.57 Å². The summed E-state index contributed by atoms with van der Waals surface area (Å²) in [4.78, 5) is 32.8. The van der Waals surface area contributed by atoms with Gasteiger partial charge in [0.25, 0.3) is 5.56 Å². The van der Waals surface area contributed by atoms with Crippen molar-refractivity contribution in [2.75, 3.05) is 5.75 Å². The maximum atomic E-state index is 12.9. The SMILES string of the molecule is CCn1c(SCC(=O)OCc2ccccc2)nc2c([nH]c3ccccc32)c1=O. The molecule has 28 heavy (non-hydrogen) atoms. The molecule has 0 aliphatic carbocycles. The van der Waals surface area contributed by atoms with E-state index in [2.05, 4.69) is 9.97 Å². The number of nitrogens with zero attached hydrogens (tertiary/aromatic N) is 2. The summed E-state index contributed by atoms with van der Waals surface area (Å²) < 4.78 is 6.89. The number of aromatic nitrogens is 3. The number of fused-ring (bicyclic) bond motifs is 3. The number of H-pyrrole nitrogens is 1. The van der Waals surface area contributed by atoms with Crippen molar-refractivity contribution in [3.63, 3.8) is 0 Å². The van der Waals surface area contributed by atoms with Crippen LogP contribution in [-0.4, -0.2) is 26.3 Å². The first kappa shape index (κ1) is 18.3. The third-order valence-corrected chi connectivity index (χ3v) is 5.40. The summed E-state index contributed by atoms with van der Waals surface area (Å²) in [5.74, 6) is -0.252. The lowest BCUT2D eigenvalue weighted by Gasteiger charge is -2.10. The summed E-state index contributed by atoms with van der Waals surface area (Å²) in [6.07, 6.45) is 0. The molecule has 0 aliphatic heterocycles. The van der Waals surface area contributed by atoms with E-state index in [1.807, 2.05) is 61.5 Å². The van der Waals surface area contributed by atoms with Gasteiger partial charge in [0.15, 0.2) is 5.16 Å². The van der Waals surface area contributed by atoms with Gasteiger partial charge in [-0.1, -0.05) is 60.3 Å². The molecule has 0 bridgehead atoms. The van der Waals surface area contributed by atoms with Gasteiger partial charge < -0.3 is 9.72 Å². The Bertz CT molecular complexity index is 1200. The minimum atomic E-state index is -0.343. The Morgan fingerprint density at radius 1 is 1.14 bits per heavy atom.